The second-order valence-electron chi connectivity index (χ2n) is 7.29. The van der Waals surface area contributed by atoms with E-state index < -0.39 is 0 Å². The third kappa shape index (κ3) is 2.97. The van der Waals surface area contributed by atoms with E-state index in [1.54, 1.807) is 0 Å². The van der Waals surface area contributed by atoms with E-state index in [1.807, 2.05) is 0 Å². The van der Waals surface area contributed by atoms with Crippen molar-refractivity contribution in [3.05, 3.63) is 11.5 Å². The van der Waals surface area contributed by atoms with Crippen molar-refractivity contribution in [3.63, 3.8) is 0 Å². The molecule has 21 heavy (non-hydrogen) atoms. The smallest absolute Gasteiger partial charge is 0.127 e. The van der Waals surface area contributed by atoms with Crippen LogP contribution in [0.15, 0.2) is 0 Å². The summed E-state index contributed by atoms with van der Waals surface area (Å²) in [4.78, 5) is 5.10. The summed E-state index contributed by atoms with van der Waals surface area (Å²) >= 11 is 0. The van der Waals surface area contributed by atoms with Gasteiger partial charge < -0.3 is 10.3 Å². The highest BCUT2D eigenvalue weighted by Crippen LogP contribution is 2.40. The average molecular weight is 289 g/mol. The van der Waals surface area contributed by atoms with Crippen molar-refractivity contribution >= 4 is 5.82 Å². The Morgan fingerprint density at radius 1 is 1.05 bits per heavy atom. The van der Waals surface area contributed by atoms with Gasteiger partial charge in [0, 0.05) is 18.4 Å². The number of hydrogen-bond acceptors (Lipinski definition) is 2. The lowest BCUT2D eigenvalue weighted by atomic mass is 9.81. The van der Waals surface area contributed by atoms with E-state index in [1.165, 1.54) is 69.3 Å². The molecule has 3 nitrogen and oxygen atoms in total. The molecule has 0 spiro atoms. The standard InChI is InChI=1S/C18H31N3/c1-3-21-17(19)16(15-11-7-8-13(2)12-15)20-18(21)14-9-5-4-6-10-14/h13-15H,3-12,19H2,1-2H3. The van der Waals surface area contributed by atoms with E-state index in [2.05, 4.69) is 18.4 Å². The van der Waals surface area contributed by atoms with E-state index in [-0.39, 0.29) is 0 Å². The highest BCUT2D eigenvalue weighted by molar-refractivity contribution is 5.41. The summed E-state index contributed by atoms with van der Waals surface area (Å²) in [6, 6.07) is 0. The molecule has 118 valence electrons. The van der Waals surface area contributed by atoms with Gasteiger partial charge in [-0.05, 0) is 38.5 Å². The molecule has 2 aliphatic carbocycles. The first-order valence-corrected chi connectivity index (χ1v) is 9.06. The molecule has 1 heterocycles. The maximum absolute atomic E-state index is 6.50. The molecule has 0 radical (unpaired) electrons. The van der Waals surface area contributed by atoms with Gasteiger partial charge in [-0.15, -0.1) is 0 Å². The van der Waals surface area contributed by atoms with Gasteiger partial charge in [-0.25, -0.2) is 4.98 Å². The van der Waals surface area contributed by atoms with Gasteiger partial charge in [0.25, 0.3) is 0 Å². The second kappa shape index (κ2) is 6.41. The van der Waals surface area contributed by atoms with Crippen LogP contribution in [0.3, 0.4) is 0 Å². The maximum Gasteiger partial charge on any atom is 0.127 e. The molecule has 1 aromatic rings. The number of nitrogens with two attached hydrogens (primary N) is 1. The van der Waals surface area contributed by atoms with Crippen LogP contribution in [-0.4, -0.2) is 9.55 Å². The van der Waals surface area contributed by atoms with Crippen molar-refractivity contribution in [1.29, 1.82) is 0 Å². The predicted molar refractivity (Wildman–Crippen MR) is 88.5 cm³/mol. The molecule has 2 N–H and O–H groups in total. The Morgan fingerprint density at radius 2 is 1.76 bits per heavy atom. The topological polar surface area (TPSA) is 43.8 Å². The largest absolute Gasteiger partial charge is 0.384 e. The third-order valence-electron chi connectivity index (χ3n) is 5.67. The minimum atomic E-state index is 0.601. The molecular formula is C18H31N3. The van der Waals surface area contributed by atoms with Crippen molar-refractivity contribution in [2.24, 2.45) is 5.92 Å². The fraction of sp³-hybridized carbons (Fsp3) is 0.833. The van der Waals surface area contributed by atoms with Crippen molar-refractivity contribution in [1.82, 2.24) is 9.55 Å². The van der Waals surface area contributed by atoms with Gasteiger partial charge >= 0.3 is 0 Å². The molecule has 3 heteroatoms. The molecule has 2 fully saturated rings. The van der Waals surface area contributed by atoms with Gasteiger partial charge in [0.2, 0.25) is 0 Å². The first kappa shape index (κ1) is 14.9. The zero-order chi connectivity index (χ0) is 14.8. The molecule has 0 aliphatic heterocycles. The fourth-order valence-corrected chi connectivity index (χ4v) is 4.49. The quantitative estimate of drug-likeness (QED) is 0.866. The van der Waals surface area contributed by atoms with Crippen molar-refractivity contribution < 1.29 is 0 Å². The van der Waals surface area contributed by atoms with Crippen LogP contribution in [-0.2, 0) is 6.54 Å². The summed E-state index contributed by atoms with van der Waals surface area (Å²) in [6.07, 6.45) is 12.0. The summed E-state index contributed by atoms with van der Waals surface area (Å²) < 4.78 is 2.31. The number of imidazole rings is 1. The average Bonchev–Trinajstić information content (AvgIpc) is 2.85. The molecule has 2 unspecified atom stereocenters. The van der Waals surface area contributed by atoms with Crippen molar-refractivity contribution in [3.8, 4) is 0 Å². The van der Waals surface area contributed by atoms with Crippen LogP contribution in [0.4, 0.5) is 5.82 Å². The predicted octanol–water partition coefficient (Wildman–Crippen LogP) is 4.83. The summed E-state index contributed by atoms with van der Waals surface area (Å²) in [6.45, 7) is 5.55. The van der Waals surface area contributed by atoms with Gasteiger partial charge in [0.15, 0.2) is 0 Å². The van der Waals surface area contributed by atoms with E-state index in [9.17, 15) is 0 Å². The van der Waals surface area contributed by atoms with Crippen LogP contribution in [0.1, 0.15) is 95.0 Å². The number of hydrogen-bond donors (Lipinski definition) is 1. The molecule has 0 aromatic carbocycles. The maximum atomic E-state index is 6.50. The van der Waals surface area contributed by atoms with Crippen molar-refractivity contribution in [2.45, 2.75) is 90.0 Å². The molecule has 0 saturated heterocycles. The van der Waals surface area contributed by atoms with Crippen LogP contribution in [0.25, 0.3) is 0 Å². The van der Waals surface area contributed by atoms with Crippen LogP contribution in [0.2, 0.25) is 0 Å². The van der Waals surface area contributed by atoms with Crippen LogP contribution in [0, 0.1) is 5.92 Å². The Balaban J connectivity index is 1.88. The lowest BCUT2D eigenvalue weighted by molar-refractivity contribution is 0.340. The van der Waals surface area contributed by atoms with Gasteiger partial charge in [-0.1, -0.05) is 39.0 Å². The van der Waals surface area contributed by atoms with Gasteiger partial charge in [0.1, 0.15) is 11.6 Å². The van der Waals surface area contributed by atoms with E-state index in [4.69, 9.17) is 10.7 Å². The molecule has 0 bridgehead atoms. The second-order valence-corrected chi connectivity index (χ2v) is 7.29. The van der Waals surface area contributed by atoms with Crippen molar-refractivity contribution in [2.75, 3.05) is 5.73 Å². The highest BCUT2D eigenvalue weighted by Gasteiger charge is 2.29. The van der Waals surface area contributed by atoms with Gasteiger partial charge in [-0.3, -0.25) is 0 Å². The molecule has 3 rings (SSSR count). The summed E-state index contributed by atoms with van der Waals surface area (Å²) in [5.41, 5.74) is 7.72. The Hall–Kier alpha value is -0.990. The lowest BCUT2D eigenvalue weighted by Crippen LogP contribution is -2.14. The number of rotatable bonds is 3. The highest BCUT2D eigenvalue weighted by atomic mass is 15.1. The molecule has 0 amide bonds. The van der Waals surface area contributed by atoms with E-state index >= 15 is 0 Å². The zero-order valence-corrected chi connectivity index (χ0v) is 13.8. The van der Waals surface area contributed by atoms with Crippen LogP contribution in [0.5, 0.6) is 0 Å². The van der Waals surface area contributed by atoms with Gasteiger partial charge in [-0.2, -0.15) is 0 Å². The third-order valence-corrected chi connectivity index (χ3v) is 5.67. The Kier molecular flexibility index (Phi) is 4.56. The van der Waals surface area contributed by atoms with Crippen LogP contribution >= 0.6 is 0 Å². The Labute approximate surface area is 129 Å². The minimum absolute atomic E-state index is 0.601. The number of nitrogens with zero attached hydrogens (tertiary/aromatic N) is 2. The lowest BCUT2D eigenvalue weighted by Gasteiger charge is -2.25. The normalized spacial score (nSPS) is 27.9. The monoisotopic (exact) mass is 289 g/mol. The first-order valence-electron chi connectivity index (χ1n) is 9.06. The fourth-order valence-electron chi connectivity index (χ4n) is 4.49. The molecule has 1 aromatic heterocycles. The first-order chi connectivity index (χ1) is 10.2. The molecule has 2 atom stereocenters. The Morgan fingerprint density at radius 3 is 2.43 bits per heavy atom. The summed E-state index contributed by atoms with van der Waals surface area (Å²) in [5, 5.41) is 0. The summed E-state index contributed by atoms with van der Waals surface area (Å²) in [7, 11) is 0. The number of nitrogen functional groups attached to an aromatic ring is 1. The number of aromatic nitrogens is 2. The van der Waals surface area contributed by atoms with Gasteiger partial charge in [0.05, 0.1) is 5.69 Å². The number of anilines is 1. The van der Waals surface area contributed by atoms with E-state index in [0.717, 1.165) is 18.3 Å². The SMILES string of the molecule is CCn1c(C2CCCCC2)nc(C2CCCC(C)C2)c1N. The van der Waals surface area contributed by atoms with Crippen LogP contribution < -0.4 is 5.73 Å². The summed E-state index contributed by atoms with van der Waals surface area (Å²) in [5.74, 6) is 4.34. The minimum Gasteiger partial charge on any atom is -0.384 e. The molecule has 2 aliphatic rings. The molecular weight excluding hydrogens is 258 g/mol. The zero-order valence-electron chi connectivity index (χ0n) is 13.8. The Bertz CT molecular complexity index is 471. The molecule has 2 saturated carbocycles. The van der Waals surface area contributed by atoms with E-state index in [0.29, 0.717) is 11.8 Å².